The maximum atomic E-state index is 5.21. The van der Waals surface area contributed by atoms with E-state index in [1.807, 2.05) is 18.3 Å². The van der Waals surface area contributed by atoms with Crippen LogP contribution in [0.25, 0.3) is 5.65 Å². The van der Waals surface area contributed by atoms with Crippen molar-refractivity contribution in [2.45, 2.75) is 24.5 Å². The summed E-state index contributed by atoms with van der Waals surface area (Å²) in [6, 6.07) is 3.94. The van der Waals surface area contributed by atoms with E-state index in [-0.39, 0.29) is 0 Å². The third-order valence-corrected chi connectivity index (χ3v) is 4.58. The average Bonchev–Trinajstić information content (AvgIpc) is 2.96. The lowest BCUT2D eigenvalue weighted by Gasteiger charge is -2.03. The largest absolute Gasteiger partial charge is 0.497 e. The predicted octanol–water partition coefficient (Wildman–Crippen LogP) is 2.78. The zero-order chi connectivity index (χ0) is 11.7. The molecule has 90 valence electrons. The Morgan fingerprint density at radius 3 is 3.29 bits per heavy atom. The molecule has 0 aliphatic carbocycles. The minimum atomic E-state index is 0.766. The summed E-state index contributed by atoms with van der Waals surface area (Å²) in [4.78, 5) is 4.65. The second-order valence-corrected chi connectivity index (χ2v) is 5.81. The minimum Gasteiger partial charge on any atom is -0.497 e. The summed E-state index contributed by atoms with van der Waals surface area (Å²) in [7, 11) is 1.69. The van der Waals surface area contributed by atoms with Crippen molar-refractivity contribution >= 4 is 17.4 Å². The van der Waals surface area contributed by atoms with Crippen LogP contribution in [0.15, 0.2) is 24.5 Å². The number of imidazole rings is 1. The van der Waals surface area contributed by atoms with Crippen molar-refractivity contribution < 1.29 is 4.74 Å². The molecule has 4 heteroatoms. The van der Waals surface area contributed by atoms with E-state index in [1.54, 1.807) is 7.11 Å². The number of fused-ring (bicyclic) bond motifs is 1. The first-order valence-electron chi connectivity index (χ1n) is 5.98. The molecule has 0 bridgehead atoms. The molecule has 1 aliphatic rings. The van der Waals surface area contributed by atoms with Crippen molar-refractivity contribution in [2.24, 2.45) is 0 Å². The van der Waals surface area contributed by atoms with Gasteiger partial charge in [-0.05, 0) is 24.7 Å². The van der Waals surface area contributed by atoms with Crippen molar-refractivity contribution in [3.05, 3.63) is 30.2 Å². The normalized spacial score (nSPS) is 19.9. The van der Waals surface area contributed by atoms with E-state index >= 15 is 0 Å². The number of rotatable bonds is 3. The molecule has 1 aliphatic heterocycles. The number of aromatic nitrogens is 2. The van der Waals surface area contributed by atoms with E-state index in [0.29, 0.717) is 0 Å². The summed E-state index contributed by atoms with van der Waals surface area (Å²) in [5, 5.41) is 0.766. The highest BCUT2D eigenvalue weighted by molar-refractivity contribution is 8.00. The molecular weight excluding hydrogens is 232 g/mol. The number of ether oxygens (including phenoxy) is 1. The van der Waals surface area contributed by atoms with Gasteiger partial charge in [-0.15, -0.1) is 0 Å². The summed E-state index contributed by atoms with van der Waals surface area (Å²) in [6.45, 7) is 0. The third kappa shape index (κ3) is 2.27. The molecule has 1 fully saturated rings. The van der Waals surface area contributed by atoms with Gasteiger partial charge in [0.15, 0.2) is 0 Å². The van der Waals surface area contributed by atoms with E-state index in [0.717, 1.165) is 23.1 Å². The van der Waals surface area contributed by atoms with Gasteiger partial charge in [-0.2, -0.15) is 11.8 Å². The van der Waals surface area contributed by atoms with Gasteiger partial charge in [0.1, 0.15) is 11.4 Å². The number of methoxy groups -OCH3 is 1. The molecule has 0 aromatic carbocycles. The van der Waals surface area contributed by atoms with Crippen LogP contribution >= 0.6 is 11.8 Å². The summed E-state index contributed by atoms with van der Waals surface area (Å²) < 4.78 is 7.27. The van der Waals surface area contributed by atoms with Crippen LogP contribution in [-0.4, -0.2) is 27.5 Å². The fourth-order valence-corrected chi connectivity index (χ4v) is 3.57. The molecule has 3 rings (SSSR count). The maximum absolute atomic E-state index is 5.21. The lowest BCUT2D eigenvalue weighted by atomic mass is 10.2. The summed E-state index contributed by atoms with van der Waals surface area (Å²) >= 11 is 2.08. The van der Waals surface area contributed by atoms with Crippen molar-refractivity contribution in [3.8, 4) is 5.75 Å². The van der Waals surface area contributed by atoms with Gasteiger partial charge in [0.25, 0.3) is 0 Å². The monoisotopic (exact) mass is 248 g/mol. The number of pyridine rings is 1. The van der Waals surface area contributed by atoms with Crippen molar-refractivity contribution in [1.29, 1.82) is 0 Å². The zero-order valence-electron chi connectivity index (χ0n) is 9.93. The van der Waals surface area contributed by atoms with Gasteiger partial charge >= 0.3 is 0 Å². The fraction of sp³-hybridized carbons (Fsp3) is 0.462. The highest BCUT2D eigenvalue weighted by Gasteiger charge is 2.17. The molecule has 0 N–H and O–H groups in total. The highest BCUT2D eigenvalue weighted by atomic mass is 32.2. The van der Waals surface area contributed by atoms with E-state index in [1.165, 1.54) is 24.3 Å². The summed E-state index contributed by atoms with van der Waals surface area (Å²) in [5.41, 5.74) is 2.17. The lowest BCUT2D eigenvalue weighted by Crippen LogP contribution is -2.01. The Hall–Kier alpha value is -1.16. The molecular formula is C13H16N2OS. The smallest absolute Gasteiger partial charge is 0.140 e. The van der Waals surface area contributed by atoms with Crippen LogP contribution in [0.5, 0.6) is 5.75 Å². The maximum Gasteiger partial charge on any atom is 0.140 e. The quantitative estimate of drug-likeness (QED) is 0.835. The first kappa shape index (κ1) is 11.0. The van der Waals surface area contributed by atoms with Crippen LogP contribution in [0.1, 0.15) is 18.5 Å². The van der Waals surface area contributed by atoms with Gasteiger partial charge in [-0.1, -0.05) is 0 Å². The number of hydrogen-bond acceptors (Lipinski definition) is 3. The Balaban J connectivity index is 1.85. The van der Waals surface area contributed by atoms with E-state index in [4.69, 9.17) is 4.74 Å². The van der Waals surface area contributed by atoms with Crippen molar-refractivity contribution in [3.63, 3.8) is 0 Å². The molecule has 1 unspecified atom stereocenters. The van der Waals surface area contributed by atoms with E-state index in [9.17, 15) is 0 Å². The Morgan fingerprint density at radius 1 is 1.59 bits per heavy atom. The van der Waals surface area contributed by atoms with Crippen LogP contribution in [0.2, 0.25) is 0 Å². The molecule has 0 amide bonds. The van der Waals surface area contributed by atoms with E-state index in [2.05, 4.69) is 27.3 Å². The molecule has 3 heterocycles. The Labute approximate surface area is 105 Å². The molecule has 3 nitrogen and oxygen atoms in total. The lowest BCUT2D eigenvalue weighted by molar-refractivity contribution is 0.414. The van der Waals surface area contributed by atoms with Gasteiger partial charge in [-0.3, -0.25) is 0 Å². The second-order valence-electron chi connectivity index (χ2n) is 4.40. The Morgan fingerprint density at radius 2 is 2.53 bits per heavy atom. The van der Waals surface area contributed by atoms with Gasteiger partial charge in [0.05, 0.1) is 12.8 Å². The summed E-state index contributed by atoms with van der Waals surface area (Å²) in [5.74, 6) is 2.18. The predicted molar refractivity (Wildman–Crippen MR) is 70.9 cm³/mol. The zero-order valence-corrected chi connectivity index (χ0v) is 10.7. The van der Waals surface area contributed by atoms with Crippen molar-refractivity contribution in [1.82, 2.24) is 9.38 Å². The van der Waals surface area contributed by atoms with Crippen LogP contribution in [0.3, 0.4) is 0 Å². The Kier molecular flexibility index (Phi) is 2.97. The molecule has 0 saturated carbocycles. The molecule has 17 heavy (non-hydrogen) atoms. The molecule has 1 saturated heterocycles. The number of thioether (sulfide) groups is 1. The van der Waals surface area contributed by atoms with Crippen molar-refractivity contribution in [2.75, 3.05) is 12.9 Å². The second kappa shape index (κ2) is 4.61. The van der Waals surface area contributed by atoms with Crippen LogP contribution in [0, 0.1) is 0 Å². The van der Waals surface area contributed by atoms with Gasteiger partial charge in [0, 0.05) is 30.1 Å². The molecule has 1 atom stereocenters. The number of nitrogens with zero attached hydrogens (tertiary/aromatic N) is 2. The molecule has 0 spiro atoms. The topological polar surface area (TPSA) is 26.5 Å². The molecule has 2 aromatic rings. The SMILES string of the molecule is COc1ccn2cc(CC3CCCS3)nc2c1. The first-order valence-corrected chi connectivity index (χ1v) is 7.03. The van der Waals surface area contributed by atoms with Gasteiger partial charge in [-0.25, -0.2) is 4.98 Å². The first-order chi connectivity index (χ1) is 8.35. The van der Waals surface area contributed by atoms with Gasteiger partial charge < -0.3 is 9.14 Å². The fourth-order valence-electron chi connectivity index (χ4n) is 2.28. The Bertz CT molecular complexity index is 517. The van der Waals surface area contributed by atoms with Crippen LogP contribution < -0.4 is 4.74 Å². The molecule has 0 radical (unpaired) electrons. The standard InChI is InChI=1S/C13H16N2OS/c1-16-11-4-5-15-9-10(14-13(15)8-11)7-12-3-2-6-17-12/h4-5,8-9,12H,2-3,6-7H2,1H3. The molecule has 2 aromatic heterocycles. The number of hydrogen-bond donors (Lipinski definition) is 0. The average molecular weight is 248 g/mol. The van der Waals surface area contributed by atoms with E-state index < -0.39 is 0 Å². The highest BCUT2D eigenvalue weighted by Crippen LogP contribution is 2.29. The third-order valence-electron chi connectivity index (χ3n) is 3.18. The van der Waals surface area contributed by atoms with Crippen LogP contribution in [-0.2, 0) is 6.42 Å². The minimum absolute atomic E-state index is 0.766. The summed E-state index contributed by atoms with van der Waals surface area (Å²) in [6.07, 6.45) is 7.92. The van der Waals surface area contributed by atoms with Crippen LogP contribution in [0.4, 0.5) is 0 Å². The van der Waals surface area contributed by atoms with Gasteiger partial charge in [0.2, 0.25) is 0 Å².